The Labute approximate surface area is 113 Å². The monoisotopic (exact) mass is 260 g/mol. The normalized spacial score (nSPS) is 15.3. The molecule has 4 nitrogen and oxygen atoms in total. The fourth-order valence-electron chi connectivity index (χ4n) is 2.24. The van der Waals surface area contributed by atoms with Gasteiger partial charge in [-0.25, -0.2) is 0 Å². The van der Waals surface area contributed by atoms with E-state index in [1.165, 1.54) is 0 Å². The highest BCUT2D eigenvalue weighted by Gasteiger charge is 2.16. The molecule has 1 heterocycles. The number of benzene rings is 1. The van der Waals surface area contributed by atoms with Crippen LogP contribution < -0.4 is 5.32 Å². The first-order valence-corrected chi connectivity index (χ1v) is 6.84. The number of hydrogen-bond donors (Lipinski definition) is 1. The Morgan fingerprint density at radius 2 is 1.74 bits per heavy atom. The van der Waals surface area contributed by atoms with Gasteiger partial charge in [0.05, 0.1) is 0 Å². The summed E-state index contributed by atoms with van der Waals surface area (Å²) in [6.07, 6.45) is 1.55. The molecule has 1 aromatic carbocycles. The van der Waals surface area contributed by atoms with E-state index in [1.54, 1.807) is 0 Å². The van der Waals surface area contributed by atoms with Gasteiger partial charge in [0, 0.05) is 44.6 Å². The van der Waals surface area contributed by atoms with Crippen LogP contribution in [0.25, 0.3) is 0 Å². The summed E-state index contributed by atoms with van der Waals surface area (Å²) in [5, 5.41) is 3.22. The van der Waals surface area contributed by atoms with Crippen LogP contribution in [-0.2, 0) is 4.79 Å². The number of Topliss-reactive ketones (excluding diaryl/α,β-unsaturated/α-hetero) is 1. The van der Waals surface area contributed by atoms with E-state index in [1.807, 2.05) is 35.2 Å². The second kappa shape index (κ2) is 7.04. The molecular weight excluding hydrogens is 240 g/mol. The van der Waals surface area contributed by atoms with Gasteiger partial charge in [-0.3, -0.25) is 9.59 Å². The first-order valence-electron chi connectivity index (χ1n) is 6.84. The molecule has 0 saturated carbocycles. The van der Waals surface area contributed by atoms with E-state index in [4.69, 9.17) is 0 Å². The maximum Gasteiger partial charge on any atom is 0.222 e. The summed E-state index contributed by atoms with van der Waals surface area (Å²) in [5.41, 5.74) is 0.733. The van der Waals surface area contributed by atoms with Crippen LogP contribution in [0.1, 0.15) is 29.6 Å². The minimum atomic E-state index is 0.119. The van der Waals surface area contributed by atoms with Crippen LogP contribution >= 0.6 is 0 Å². The van der Waals surface area contributed by atoms with Crippen molar-refractivity contribution in [2.75, 3.05) is 26.2 Å². The SMILES string of the molecule is O=C(CCCC(=O)N1CCNCC1)c1ccccc1. The number of hydrogen-bond acceptors (Lipinski definition) is 3. The lowest BCUT2D eigenvalue weighted by atomic mass is 10.1. The highest BCUT2D eigenvalue weighted by Crippen LogP contribution is 2.08. The van der Waals surface area contributed by atoms with Crippen molar-refractivity contribution in [2.45, 2.75) is 19.3 Å². The molecule has 1 aliphatic rings. The average Bonchev–Trinajstić information content (AvgIpc) is 2.49. The van der Waals surface area contributed by atoms with Gasteiger partial charge in [0.1, 0.15) is 0 Å². The first-order chi connectivity index (χ1) is 9.27. The molecule has 0 spiro atoms. The highest BCUT2D eigenvalue weighted by molar-refractivity contribution is 5.96. The summed E-state index contributed by atoms with van der Waals surface area (Å²) in [7, 11) is 0. The third-order valence-electron chi connectivity index (χ3n) is 3.36. The summed E-state index contributed by atoms with van der Waals surface area (Å²) < 4.78 is 0. The molecule has 2 rings (SSSR count). The molecule has 1 aromatic rings. The Kier molecular flexibility index (Phi) is 5.10. The molecule has 1 saturated heterocycles. The predicted molar refractivity (Wildman–Crippen MR) is 74.1 cm³/mol. The quantitative estimate of drug-likeness (QED) is 0.816. The van der Waals surface area contributed by atoms with Gasteiger partial charge in [-0.05, 0) is 6.42 Å². The minimum Gasteiger partial charge on any atom is -0.340 e. The smallest absolute Gasteiger partial charge is 0.222 e. The van der Waals surface area contributed by atoms with E-state index < -0.39 is 0 Å². The molecule has 4 heteroatoms. The number of nitrogens with zero attached hydrogens (tertiary/aromatic N) is 1. The topological polar surface area (TPSA) is 49.4 Å². The Hall–Kier alpha value is -1.68. The predicted octanol–water partition coefficient (Wildman–Crippen LogP) is 1.47. The van der Waals surface area contributed by atoms with Gasteiger partial charge in [0.15, 0.2) is 5.78 Å². The molecule has 0 bridgehead atoms. The van der Waals surface area contributed by atoms with Crippen LogP contribution in [0.3, 0.4) is 0 Å². The number of amides is 1. The molecule has 0 unspecified atom stereocenters. The van der Waals surface area contributed by atoms with E-state index in [9.17, 15) is 9.59 Å². The van der Waals surface area contributed by atoms with Crippen molar-refractivity contribution in [3.05, 3.63) is 35.9 Å². The van der Waals surface area contributed by atoms with E-state index >= 15 is 0 Å². The van der Waals surface area contributed by atoms with Gasteiger partial charge in [-0.1, -0.05) is 30.3 Å². The maximum atomic E-state index is 11.9. The third kappa shape index (κ3) is 4.17. The van der Waals surface area contributed by atoms with Crippen LogP contribution in [-0.4, -0.2) is 42.8 Å². The van der Waals surface area contributed by atoms with Gasteiger partial charge in [-0.2, -0.15) is 0 Å². The van der Waals surface area contributed by atoms with Gasteiger partial charge in [0.2, 0.25) is 5.91 Å². The molecule has 1 fully saturated rings. The van der Waals surface area contributed by atoms with Crippen molar-refractivity contribution < 1.29 is 9.59 Å². The van der Waals surface area contributed by atoms with Crippen molar-refractivity contribution in [1.29, 1.82) is 0 Å². The molecule has 0 aromatic heterocycles. The number of carbonyl (C=O) groups is 2. The van der Waals surface area contributed by atoms with Gasteiger partial charge >= 0.3 is 0 Å². The third-order valence-corrected chi connectivity index (χ3v) is 3.36. The van der Waals surface area contributed by atoms with E-state index in [0.717, 1.165) is 31.7 Å². The molecule has 0 radical (unpaired) electrons. The largest absolute Gasteiger partial charge is 0.340 e. The summed E-state index contributed by atoms with van der Waals surface area (Å²) >= 11 is 0. The number of rotatable bonds is 5. The second-order valence-corrected chi connectivity index (χ2v) is 4.77. The zero-order valence-electron chi connectivity index (χ0n) is 11.1. The van der Waals surface area contributed by atoms with Crippen LogP contribution in [0, 0.1) is 0 Å². The lowest BCUT2D eigenvalue weighted by Gasteiger charge is -2.27. The van der Waals surface area contributed by atoms with Gasteiger partial charge in [0.25, 0.3) is 0 Å². The van der Waals surface area contributed by atoms with E-state index in [2.05, 4.69) is 5.32 Å². The molecule has 19 heavy (non-hydrogen) atoms. The Balaban J connectivity index is 1.71. The molecule has 102 valence electrons. The van der Waals surface area contributed by atoms with Gasteiger partial charge < -0.3 is 10.2 Å². The summed E-state index contributed by atoms with van der Waals surface area (Å²) in [6, 6.07) is 9.25. The van der Waals surface area contributed by atoms with Gasteiger partial charge in [-0.15, -0.1) is 0 Å². The van der Waals surface area contributed by atoms with Crippen LogP contribution in [0.5, 0.6) is 0 Å². The first kappa shape index (κ1) is 13.7. The lowest BCUT2D eigenvalue weighted by Crippen LogP contribution is -2.46. The van der Waals surface area contributed by atoms with E-state index in [0.29, 0.717) is 19.3 Å². The Bertz CT molecular complexity index is 425. The molecule has 1 amide bonds. The van der Waals surface area contributed by atoms with Crippen molar-refractivity contribution in [2.24, 2.45) is 0 Å². The maximum absolute atomic E-state index is 11.9. The second-order valence-electron chi connectivity index (χ2n) is 4.77. The number of ketones is 1. The van der Waals surface area contributed by atoms with Crippen LogP contribution in [0.15, 0.2) is 30.3 Å². The number of piperazine rings is 1. The number of nitrogens with one attached hydrogen (secondary N) is 1. The summed E-state index contributed by atoms with van der Waals surface area (Å²) in [4.78, 5) is 25.6. The molecule has 1 N–H and O–H groups in total. The molecule has 1 aliphatic heterocycles. The fraction of sp³-hybridized carbons (Fsp3) is 0.467. The van der Waals surface area contributed by atoms with Crippen molar-refractivity contribution in [3.8, 4) is 0 Å². The molecule has 0 aliphatic carbocycles. The highest BCUT2D eigenvalue weighted by atomic mass is 16.2. The van der Waals surface area contributed by atoms with Crippen LogP contribution in [0.2, 0.25) is 0 Å². The zero-order valence-corrected chi connectivity index (χ0v) is 11.1. The van der Waals surface area contributed by atoms with Crippen LogP contribution in [0.4, 0.5) is 0 Å². The van der Waals surface area contributed by atoms with E-state index in [-0.39, 0.29) is 11.7 Å². The summed E-state index contributed by atoms with van der Waals surface area (Å²) in [5.74, 6) is 0.288. The Morgan fingerprint density at radius 1 is 1.05 bits per heavy atom. The Morgan fingerprint density at radius 3 is 2.42 bits per heavy atom. The zero-order chi connectivity index (χ0) is 13.5. The lowest BCUT2D eigenvalue weighted by molar-refractivity contribution is -0.131. The fourth-order valence-corrected chi connectivity index (χ4v) is 2.24. The molecular formula is C15H20N2O2. The van der Waals surface area contributed by atoms with Crippen molar-refractivity contribution in [1.82, 2.24) is 10.2 Å². The minimum absolute atomic E-state index is 0.119. The summed E-state index contributed by atoms with van der Waals surface area (Å²) in [6.45, 7) is 3.31. The van der Waals surface area contributed by atoms with Crippen molar-refractivity contribution >= 4 is 11.7 Å². The molecule has 0 atom stereocenters. The number of carbonyl (C=O) groups excluding carboxylic acids is 2. The standard InChI is InChI=1S/C15H20N2O2/c18-14(13-5-2-1-3-6-13)7-4-8-15(19)17-11-9-16-10-12-17/h1-3,5-6,16H,4,7-12H2. The average molecular weight is 260 g/mol. The van der Waals surface area contributed by atoms with Crippen molar-refractivity contribution in [3.63, 3.8) is 0 Å².